The van der Waals surface area contributed by atoms with E-state index in [1.54, 1.807) is 18.2 Å². The quantitative estimate of drug-likeness (QED) is 0.804. The molecule has 1 unspecified atom stereocenters. The second-order valence-corrected chi connectivity index (χ2v) is 5.79. The molecule has 3 nitrogen and oxygen atoms in total. The molecule has 2 rings (SSSR count). The summed E-state index contributed by atoms with van der Waals surface area (Å²) in [7, 11) is 0. The molecule has 1 amide bonds. The molecule has 0 spiro atoms. The Bertz CT molecular complexity index is 612. The van der Waals surface area contributed by atoms with E-state index in [0.717, 1.165) is 5.56 Å². The lowest BCUT2D eigenvalue weighted by molar-refractivity contribution is -0.121. The number of halogens is 2. The number of anilines is 1. The van der Waals surface area contributed by atoms with Crippen LogP contribution in [-0.4, -0.2) is 12.5 Å². The van der Waals surface area contributed by atoms with E-state index in [4.69, 9.17) is 23.2 Å². The number of carbonyl (C=O) groups is 1. The van der Waals surface area contributed by atoms with Gasteiger partial charge in [-0.2, -0.15) is 0 Å². The van der Waals surface area contributed by atoms with Gasteiger partial charge in [-0.25, -0.2) is 0 Å². The second-order valence-electron chi connectivity index (χ2n) is 4.97. The molecule has 116 valence electrons. The number of para-hydroxylation sites is 1. The lowest BCUT2D eigenvalue weighted by Gasteiger charge is -2.15. The summed E-state index contributed by atoms with van der Waals surface area (Å²) < 4.78 is 0. The molecule has 0 saturated carbocycles. The molecule has 0 bridgehead atoms. The van der Waals surface area contributed by atoms with Crippen molar-refractivity contribution in [3.8, 4) is 0 Å². The van der Waals surface area contributed by atoms with Crippen molar-refractivity contribution in [2.24, 2.45) is 0 Å². The number of nitrogens with one attached hydrogen (secondary N) is 2. The lowest BCUT2D eigenvalue weighted by atomic mass is 10.1. The van der Waals surface area contributed by atoms with Gasteiger partial charge < -0.3 is 10.6 Å². The van der Waals surface area contributed by atoms with Gasteiger partial charge in [0.05, 0.1) is 21.8 Å². The third kappa shape index (κ3) is 4.65. The van der Waals surface area contributed by atoms with E-state index in [9.17, 15) is 4.79 Å². The average molecular weight is 337 g/mol. The first kappa shape index (κ1) is 16.7. The van der Waals surface area contributed by atoms with Crippen molar-refractivity contribution in [3.63, 3.8) is 0 Å². The summed E-state index contributed by atoms with van der Waals surface area (Å²) in [6.45, 7) is 2.43. The maximum Gasteiger partial charge on any atom is 0.222 e. The van der Waals surface area contributed by atoms with Crippen molar-refractivity contribution in [3.05, 3.63) is 64.1 Å². The lowest BCUT2D eigenvalue weighted by Crippen LogP contribution is -2.28. The highest BCUT2D eigenvalue weighted by atomic mass is 35.5. The smallest absolute Gasteiger partial charge is 0.222 e. The normalized spacial score (nSPS) is 11.8. The van der Waals surface area contributed by atoms with Gasteiger partial charge in [0.1, 0.15) is 0 Å². The molecule has 0 aliphatic heterocycles. The number of amides is 1. The highest BCUT2D eigenvalue weighted by Gasteiger charge is 2.10. The van der Waals surface area contributed by atoms with E-state index in [-0.39, 0.29) is 11.9 Å². The minimum absolute atomic E-state index is 0.0161. The zero-order valence-corrected chi connectivity index (χ0v) is 13.8. The van der Waals surface area contributed by atoms with Gasteiger partial charge in [0.15, 0.2) is 0 Å². The Hall–Kier alpha value is -1.71. The molecule has 0 saturated heterocycles. The molecule has 0 aliphatic rings. The Kier molecular flexibility index (Phi) is 6.10. The molecule has 5 heteroatoms. The van der Waals surface area contributed by atoms with E-state index in [2.05, 4.69) is 10.6 Å². The summed E-state index contributed by atoms with van der Waals surface area (Å²) in [5.41, 5.74) is 1.74. The topological polar surface area (TPSA) is 41.1 Å². The van der Waals surface area contributed by atoms with Crippen molar-refractivity contribution in [2.75, 3.05) is 11.9 Å². The van der Waals surface area contributed by atoms with Gasteiger partial charge in [0.25, 0.3) is 0 Å². The molecular formula is C17H18Cl2N2O. The van der Waals surface area contributed by atoms with Crippen LogP contribution in [-0.2, 0) is 4.79 Å². The van der Waals surface area contributed by atoms with E-state index < -0.39 is 0 Å². The molecule has 0 aliphatic carbocycles. The monoisotopic (exact) mass is 336 g/mol. The van der Waals surface area contributed by atoms with Crippen molar-refractivity contribution < 1.29 is 4.79 Å². The highest BCUT2D eigenvalue weighted by Crippen LogP contribution is 2.29. The summed E-state index contributed by atoms with van der Waals surface area (Å²) >= 11 is 12.1. The number of hydrogen-bond donors (Lipinski definition) is 2. The number of benzene rings is 2. The van der Waals surface area contributed by atoms with Crippen LogP contribution in [0.2, 0.25) is 10.0 Å². The first-order chi connectivity index (χ1) is 10.6. The van der Waals surface area contributed by atoms with E-state index in [0.29, 0.717) is 28.7 Å². The van der Waals surface area contributed by atoms with Crippen LogP contribution >= 0.6 is 23.2 Å². The third-order valence-electron chi connectivity index (χ3n) is 3.29. The number of rotatable bonds is 6. The van der Waals surface area contributed by atoms with Gasteiger partial charge in [-0.1, -0.05) is 59.6 Å². The van der Waals surface area contributed by atoms with Gasteiger partial charge in [0, 0.05) is 13.0 Å². The van der Waals surface area contributed by atoms with E-state index in [1.165, 1.54) is 0 Å². The minimum Gasteiger partial charge on any atom is -0.382 e. The second kappa shape index (κ2) is 8.06. The highest BCUT2D eigenvalue weighted by molar-refractivity contribution is 6.39. The van der Waals surface area contributed by atoms with Crippen LogP contribution in [0.1, 0.15) is 24.9 Å². The molecule has 1 atom stereocenters. The summed E-state index contributed by atoms with van der Waals surface area (Å²) in [6, 6.07) is 15.1. The molecule has 22 heavy (non-hydrogen) atoms. The van der Waals surface area contributed by atoms with Crippen LogP contribution in [0.3, 0.4) is 0 Å². The molecule has 2 aromatic rings. The minimum atomic E-state index is -0.0213. The van der Waals surface area contributed by atoms with Gasteiger partial charge in [-0.3, -0.25) is 4.79 Å². The number of carbonyl (C=O) groups excluding carboxylic acids is 1. The van der Waals surface area contributed by atoms with Crippen LogP contribution in [0.15, 0.2) is 48.5 Å². The fourth-order valence-corrected chi connectivity index (χ4v) is 2.64. The Labute approximate surface area is 140 Å². The summed E-state index contributed by atoms with van der Waals surface area (Å²) in [5, 5.41) is 7.16. The predicted molar refractivity (Wildman–Crippen MR) is 92.6 cm³/mol. The molecule has 0 radical (unpaired) electrons. The van der Waals surface area contributed by atoms with Gasteiger partial charge in [-0.05, 0) is 24.6 Å². The molecule has 2 aromatic carbocycles. The van der Waals surface area contributed by atoms with Gasteiger partial charge >= 0.3 is 0 Å². The average Bonchev–Trinajstić information content (AvgIpc) is 2.51. The maximum atomic E-state index is 12.0. The molecular weight excluding hydrogens is 319 g/mol. The Balaban J connectivity index is 1.81. The fraction of sp³-hybridized carbons (Fsp3) is 0.235. The summed E-state index contributed by atoms with van der Waals surface area (Å²) in [5.74, 6) is -0.0213. The SMILES string of the molecule is CC(NC(=O)CCNc1c(Cl)cccc1Cl)c1ccccc1. The largest absolute Gasteiger partial charge is 0.382 e. The van der Waals surface area contributed by atoms with E-state index >= 15 is 0 Å². The zero-order chi connectivity index (χ0) is 15.9. The predicted octanol–water partition coefficient (Wildman–Crippen LogP) is 4.67. The Morgan fingerprint density at radius 3 is 2.32 bits per heavy atom. The summed E-state index contributed by atoms with van der Waals surface area (Å²) in [6.07, 6.45) is 0.346. The molecule has 0 fully saturated rings. The molecule has 0 aromatic heterocycles. The van der Waals surface area contributed by atoms with Crippen LogP contribution in [0, 0.1) is 0 Å². The zero-order valence-electron chi connectivity index (χ0n) is 12.3. The van der Waals surface area contributed by atoms with Crippen LogP contribution in [0.5, 0.6) is 0 Å². The fourth-order valence-electron chi connectivity index (χ4n) is 2.11. The van der Waals surface area contributed by atoms with E-state index in [1.807, 2.05) is 37.3 Å². The van der Waals surface area contributed by atoms with Crippen molar-refractivity contribution in [1.82, 2.24) is 5.32 Å². The third-order valence-corrected chi connectivity index (χ3v) is 3.92. The van der Waals surface area contributed by atoms with Crippen molar-refractivity contribution in [1.29, 1.82) is 0 Å². The van der Waals surface area contributed by atoms with Crippen LogP contribution in [0.4, 0.5) is 5.69 Å². The van der Waals surface area contributed by atoms with Gasteiger partial charge in [0.2, 0.25) is 5.91 Å². The molecule has 0 heterocycles. The van der Waals surface area contributed by atoms with Crippen LogP contribution in [0.25, 0.3) is 0 Å². The first-order valence-electron chi connectivity index (χ1n) is 7.10. The van der Waals surface area contributed by atoms with Crippen LogP contribution < -0.4 is 10.6 Å². The Morgan fingerprint density at radius 2 is 1.68 bits per heavy atom. The summed E-state index contributed by atoms with van der Waals surface area (Å²) in [4.78, 5) is 12.0. The van der Waals surface area contributed by atoms with Gasteiger partial charge in [-0.15, -0.1) is 0 Å². The van der Waals surface area contributed by atoms with Crippen molar-refractivity contribution in [2.45, 2.75) is 19.4 Å². The maximum absolute atomic E-state index is 12.0. The standard InChI is InChI=1S/C17H18Cl2N2O/c1-12(13-6-3-2-4-7-13)21-16(22)10-11-20-17-14(18)8-5-9-15(17)19/h2-9,12,20H,10-11H2,1H3,(H,21,22). The van der Waals surface area contributed by atoms with Crippen molar-refractivity contribution >= 4 is 34.8 Å². The Morgan fingerprint density at radius 1 is 1.05 bits per heavy atom. The number of hydrogen-bond acceptors (Lipinski definition) is 2. The molecule has 2 N–H and O–H groups in total. The first-order valence-corrected chi connectivity index (χ1v) is 7.85.